The van der Waals surface area contributed by atoms with Gasteiger partial charge in [-0.2, -0.15) is 4.31 Å². The number of sulfonamides is 1. The van der Waals surface area contributed by atoms with Crippen LogP contribution < -0.4 is 0 Å². The average molecular weight is 309 g/mol. The van der Waals surface area contributed by atoms with Crippen LogP contribution in [0.2, 0.25) is 0 Å². The number of phenols is 1. The minimum Gasteiger partial charge on any atom is -0.508 e. The van der Waals surface area contributed by atoms with E-state index in [9.17, 15) is 13.5 Å². The molecule has 0 unspecified atom stereocenters. The minimum absolute atomic E-state index is 0.192. The van der Waals surface area contributed by atoms with Crippen LogP contribution in [0.3, 0.4) is 0 Å². The van der Waals surface area contributed by atoms with Gasteiger partial charge in [0.2, 0.25) is 10.0 Å². The first kappa shape index (κ1) is 16.0. The number of hydrogen-bond donors (Lipinski definition) is 1. The summed E-state index contributed by atoms with van der Waals surface area (Å²) in [6.45, 7) is 8.95. The topological polar surface area (TPSA) is 57.6 Å². The van der Waals surface area contributed by atoms with Gasteiger partial charge in [-0.25, -0.2) is 8.42 Å². The van der Waals surface area contributed by atoms with Gasteiger partial charge >= 0.3 is 0 Å². The number of aromatic hydroxyl groups is 1. The predicted octanol–water partition coefficient (Wildman–Crippen LogP) is 3.09. The minimum atomic E-state index is -3.30. The number of rotatable bonds is 2. The van der Waals surface area contributed by atoms with Crippen LogP contribution in [0.1, 0.15) is 45.2 Å². The van der Waals surface area contributed by atoms with E-state index in [1.165, 1.54) is 4.31 Å². The molecule has 116 valence electrons. The molecule has 0 amide bonds. The van der Waals surface area contributed by atoms with Crippen LogP contribution in [-0.2, 0) is 15.4 Å². The van der Waals surface area contributed by atoms with Crippen LogP contribution in [0, 0.1) is 0 Å². The molecule has 1 aromatic carbocycles. The van der Waals surface area contributed by atoms with Crippen molar-refractivity contribution in [2.75, 3.05) is 13.1 Å². The second-order valence-corrected chi connectivity index (χ2v) is 8.37. The molecule has 1 aromatic rings. The zero-order valence-electron chi connectivity index (χ0n) is 13.0. The maximum atomic E-state index is 12.3. The summed E-state index contributed by atoms with van der Waals surface area (Å²) in [5.74, 6) is 0.245. The molecule has 0 aliphatic carbocycles. The molecule has 1 fully saturated rings. The van der Waals surface area contributed by atoms with Crippen molar-refractivity contribution in [3.63, 3.8) is 0 Å². The lowest BCUT2D eigenvalue weighted by Crippen LogP contribution is -2.24. The van der Waals surface area contributed by atoms with Crippen molar-refractivity contribution in [1.82, 2.24) is 4.31 Å². The second kappa shape index (κ2) is 5.46. The number of phenolic OH excluding ortho intramolecular Hbond substituents is 1. The molecule has 21 heavy (non-hydrogen) atoms. The van der Waals surface area contributed by atoms with Crippen LogP contribution in [0.25, 0.3) is 6.08 Å². The summed E-state index contributed by atoms with van der Waals surface area (Å²) >= 11 is 0. The smallest absolute Gasteiger partial charge is 0.239 e. The summed E-state index contributed by atoms with van der Waals surface area (Å²) in [5, 5.41) is 9.97. The molecule has 4 nitrogen and oxygen atoms in total. The Bertz CT molecular complexity index is 669. The molecule has 1 heterocycles. The van der Waals surface area contributed by atoms with Gasteiger partial charge in [0.1, 0.15) is 5.75 Å². The normalized spacial score (nSPS) is 21.0. The lowest BCUT2D eigenvalue weighted by Gasteiger charge is -2.20. The Morgan fingerprint density at radius 3 is 2.52 bits per heavy atom. The first-order valence-corrected chi connectivity index (χ1v) is 8.64. The lowest BCUT2D eigenvalue weighted by molar-refractivity contribution is 0.446. The second-order valence-electron chi connectivity index (χ2n) is 6.38. The fourth-order valence-corrected chi connectivity index (χ4v) is 4.19. The van der Waals surface area contributed by atoms with E-state index in [1.54, 1.807) is 18.2 Å². The van der Waals surface area contributed by atoms with E-state index in [-0.39, 0.29) is 11.2 Å². The van der Waals surface area contributed by atoms with Crippen molar-refractivity contribution in [3.8, 4) is 5.75 Å². The maximum Gasteiger partial charge on any atom is 0.239 e. The molecule has 0 spiro atoms. The van der Waals surface area contributed by atoms with Crippen molar-refractivity contribution in [2.45, 2.75) is 39.5 Å². The largest absolute Gasteiger partial charge is 0.508 e. The SMILES string of the molecule is CCN1CC/C(=C\c2ccc(O)c(C(C)(C)C)c2)S1(=O)=O. The molecule has 2 rings (SSSR count). The van der Waals surface area contributed by atoms with Gasteiger partial charge in [-0.05, 0) is 41.2 Å². The summed E-state index contributed by atoms with van der Waals surface area (Å²) < 4.78 is 26.1. The fraction of sp³-hybridized carbons (Fsp3) is 0.500. The third-order valence-electron chi connectivity index (χ3n) is 3.79. The van der Waals surface area contributed by atoms with Crippen LogP contribution in [0.5, 0.6) is 5.75 Å². The highest BCUT2D eigenvalue weighted by Crippen LogP contribution is 2.33. The zero-order chi connectivity index (χ0) is 15.8. The molecule has 1 aliphatic rings. The van der Waals surface area contributed by atoms with Gasteiger partial charge in [-0.1, -0.05) is 33.8 Å². The summed E-state index contributed by atoms with van der Waals surface area (Å²) in [6.07, 6.45) is 2.27. The van der Waals surface area contributed by atoms with Crippen molar-refractivity contribution in [2.24, 2.45) is 0 Å². The van der Waals surface area contributed by atoms with Gasteiger partial charge in [-0.3, -0.25) is 0 Å². The Hall–Kier alpha value is -1.33. The van der Waals surface area contributed by atoms with E-state index < -0.39 is 10.0 Å². The number of benzene rings is 1. The molecule has 0 saturated carbocycles. The van der Waals surface area contributed by atoms with E-state index >= 15 is 0 Å². The first-order chi connectivity index (χ1) is 9.66. The highest BCUT2D eigenvalue weighted by molar-refractivity contribution is 7.93. The molecule has 5 heteroatoms. The van der Waals surface area contributed by atoms with Crippen molar-refractivity contribution in [1.29, 1.82) is 0 Å². The highest BCUT2D eigenvalue weighted by atomic mass is 32.2. The molecule has 0 atom stereocenters. The van der Waals surface area contributed by atoms with Gasteiger partial charge in [0, 0.05) is 13.1 Å². The first-order valence-electron chi connectivity index (χ1n) is 7.20. The zero-order valence-corrected chi connectivity index (χ0v) is 13.9. The Morgan fingerprint density at radius 1 is 1.33 bits per heavy atom. The van der Waals surface area contributed by atoms with Crippen LogP contribution in [-0.4, -0.2) is 30.9 Å². The molecule has 0 aromatic heterocycles. The maximum absolute atomic E-state index is 12.3. The van der Waals surface area contributed by atoms with E-state index in [0.29, 0.717) is 24.4 Å². The lowest BCUT2D eigenvalue weighted by atomic mass is 9.85. The number of hydrogen-bond acceptors (Lipinski definition) is 3. The van der Waals surface area contributed by atoms with Gasteiger partial charge in [0.15, 0.2) is 0 Å². The third-order valence-corrected chi connectivity index (χ3v) is 5.89. The molecule has 1 N–H and O–H groups in total. The quantitative estimate of drug-likeness (QED) is 0.913. The van der Waals surface area contributed by atoms with E-state index in [2.05, 4.69) is 0 Å². The summed E-state index contributed by atoms with van der Waals surface area (Å²) in [6, 6.07) is 5.25. The van der Waals surface area contributed by atoms with Crippen LogP contribution in [0.4, 0.5) is 0 Å². The molecule has 0 bridgehead atoms. The summed E-state index contributed by atoms with van der Waals surface area (Å²) in [4.78, 5) is 0.454. The van der Waals surface area contributed by atoms with Gasteiger partial charge in [-0.15, -0.1) is 0 Å². The monoisotopic (exact) mass is 309 g/mol. The third kappa shape index (κ3) is 3.14. The van der Waals surface area contributed by atoms with E-state index in [1.807, 2.05) is 33.8 Å². The molecule has 1 aliphatic heterocycles. The summed E-state index contributed by atoms with van der Waals surface area (Å²) in [5.41, 5.74) is 1.44. The van der Waals surface area contributed by atoms with Crippen molar-refractivity contribution in [3.05, 3.63) is 34.2 Å². The highest BCUT2D eigenvalue weighted by Gasteiger charge is 2.32. The van der Waals surface area contributed by atoms with E-state index in [0.717, 1.165) is 11.1 Å². The summed E-state index contributed by atoms with van der Waals surface area (Å²) in [7, 11) is -3.30. The Labute approximate surface area is 127 Å². The number of nitrogens with zero attached hydrogens (tertiary/aromatic N) is 1. The van der Waals surface area contributed by atoms with Gasteiger partial charge < -0.3 is 5.11 Å². The Kier molecular flexibility index (Phi) is 4.17. The van der Waals surface area contributed by atoms with Crippen molar-refractivity contribution >= 4 is 16.1 Å². The van der Waals surface area contributed by atoms with Crippen LogP contribution >= 0.6 is 0 Å². The standard InChI is InChI=1S/C16H23NO3S/c1-5-17-9-8-13(21(17,19)20)10-12-6-7-15(18)14(11-12)16(2,3)4/h6-7,10-11,18H,5,8-9H2,1-4H3/b13-10+. The molecule has 0 radical (unpaired) electrons. The Balaban J connectivity index is 2.44. The predicted molar refractivity (Wildman–Crippen MR) is 85.6 cm³/mol. The van der Waals surface area contributed by atoms with Gasteiger partial charge in [0.05, 0.1) is 4.91 Å². The van der Waals surface area contributed by atoms with Gasteiger partial charge in [0.25, 0.3) is 0 Å². The fourth-order valence-electron chi connectivity index (χ4n) is 2.55. The molecular weight excluding hydrogens is 286 g/mol. The van der Waals surface area contributed by atoms with Crippen LogP contribution in [0.15, 0.2) is 23.1 Å². The van der Waals surface area contributed by atoms with E-state index in [4.69, 9.17) is 0 Å². The molecule has 1 saturated heterocycles. The Morgan fingerprint density at radius 2 is 2.00 bits per heavy atom. The molecular formula is C16H23NO3S. The van der Waals surface area contributed by atoms with Crippen molar-refractivity contribution < 1.29 is 13.5 Å². The average Bonchev–Trinajstić information content (AvgIpc) is 2.65.